The third kappa shape index (κ3) is 5.70. The molecular weight excluding hydrogens is 671 g/mol. The lowest BCUT2D eigenvalue weighted by atomic mass is 10.00. The second kappa shape index (κ2) is 13.4. The monoisotopic (exact) mass is 701 g/mol. The van der Waals surface area contributed by atoms with Gasteiger partial charge >= 0.3 is 0 Å². The van der Waals surface area contributed by atoms with E-state index in [-0.39, 0.29) is 0 Å². The van der Waals surface area contributed by atoms with Gasteiger partial charge in [0.05, 0.1) is 45.3 Å². The summed E-state index contributed by atoms with van der Waals surface area (Å²) >= 11 is 0. The van der Waals surface area contributed by atoms with Crippen LogP contribution in [-0.4, -0.2) is 19.5 Å². The molecule has 5 nitrogen and oxygen atoms in total. The van der Waals surface area contributed by atoms with Crippen molar-refractivity contribution in [2.24, 2.45) is 0 Å². The largest absolute Gasteiger partial charge is 0.308 e. The predicted molar refractivity (Wildman–Crippen MR) is 224 cm³/mol. The minimum Gasteiger partial charge on any atom is -0.308 e. The number of nitriles is 1. The maximum Gasteiger partial charge on any atom is 0.160 e. The summed E-state index contributed by atoms with van der Waals surface area (Å²) < 4.78 is 2.36. The second-order valence-electron chi connectivity index (χ2n) is 13.6. The molecule has 0 radical (unpaired) electrons. The summed E-state index contributed by atoms with van der Waals surface area (Å²) in [6, 6.07) is 66.6. The Kier molecular flexibility index (Phi) is 7.79. The normalized spacial score (nSPS) is 11.3. The Balaban J connectivity index is 1.14. The zero-order valence-electron chi connectivity index (χ0n) is 29.6. The van der Waals surface area contributed by atoms with Crippen molar-refractivity contribution in [3.63, 3.8) is 0 Å². The lowest BCUT2D eigenvalue weighted by Gasteiger charge is -2.13. The highest BCUT2D eigenvalue weighted by Crippen LogP contribution is 2.41. The van der Waals surface area contributed by atoms with Crippen LogP contribution in [0.3, 0.4) is 0 Å². The molecule has 256 valence electrons. The number of hydrogen-bond donors (Lipinski definition) is 0. The van der Waals surface area contributed by atoms with Crippen molar-refractivity contribution in [1.82, 2.24) is 19.5 Å². The van der Waals surface area contributed by atoms with Crippen molar-refractivity contribution < 1.29 is 0 Å². The first-order valence-electron chi connectivity index (χ1n) is 18.3. The molecule has 0 N–H and O–H groups in total. The van der Waals surface area contributed by atoms with Crippen LogP contribution >= 0.6 is 0 Å². The molecule has 0 bridgehead atoms. The molecule has 0 aliphatic rings. The summed E-state index contributed by atoms with van der Waals surface area (Å²) in [6.07, 6.45) is 0. The van der Waals surface area contributed by atoms with Crippen LogP contribution in [0.15, 0.2) is 188 Å². The van der Waals surface area contributed by atoms with Crippen LogP contribution in [0.1, 0.15) is 5.56 Å². The van der Waals surface area contributed by atoms with Crippen molar-refractivity contribution in [2.45, 2.75) is 0 Å². The first-order valence-corrected chi connectivity index (χ1v) is 18.3. The van der Waals surface area contributed by atoms with Gasteiger partial charge in [-0.3, -0.25) is 0 Å². The number of para-hydroxylation sites is 3. The maximum atomic E-state index is 9.69. The third-order valence-corrected chi connectivity index (χ3v) is 10.2. The van der Waals surface area contributed by atoms with Crippen molar-refractivity contribution in [3.05, 3.63) is 194 Å². The number of fused-ring (bicyclic) bond motifs is 5. The van der Waals surface area contributed by atoms with E-state index >= 15 is 0 Å². The van der Waals surface area contributed by atoms with Gasteiger partial charge < -0.3 is 4.57 Å². The molecule has 0 saturated heterocycles. The fourth-order valence-electron chi connectivity index (χ4n) is 7.62. The van der Waals surface area contributed by atoms with E-state index in [9.17, 15) is 5.26 Å². The van der Waals surface area contributed by atoms with Gasteiger partial charge in [-0.2, -0.15) is 5.26 Å². The van der Waals surface area contributed by atoms with Gasteiger partial charge in [0, 0.05) is 44.1 Å². The molecule has 10 rings (SSSR count). The zero-order chi connectivity index (χ0) is 36.7. The van der Waals surface area contributed by atoms with E-state index in [0.29, 0.717) is 11.4 Å². The van der Waals surface area contributed by atoms with E-state index in [1.54, 1.807) is 0 Å². The van der Waals surface area contributed by atoms with E-state index < -0.39 is 0 Å². The molecule has 5 heteroatoms. The molecule has 55 heavy (non-hydrogen) atoms. The third-order valence-electron chi connectivity index (χ3n) is 10.2. The van der Waals surface area contributed by atoms with E-state index in [1.165, 1.54) is 0 Å². The summed E-state index contributed by atoms with van der Waals surface area (Å²) in [4.78, 5) is 15.6. The van der Waals surface area contributed by atoms with Gasteiger partial charge in [-0.05, 0) is 59.7 Å². The molecule has 3 heterocycles. The number of rotatable bonds is 6. The SMILES string of the molecule is N#Cc1cccc(-c2cc(-c3cccc(-c4ccccc4)c3)nc(-c3ccc(-c4nc5ccccc5c5c4c4ccccc4n5-c4ccccc4)cc3)n2)c1. The van der Waals surface area contributed by atoms with Gasteiger partial charge in [0.25, 0.3) is 0 Å². The molecule has 7 aromatic carbocycles. The highest BCUT2D eigenvalue weighted by Gasteiger charge is 2.21. The molecule has 0 unspecified atom stereocenters. The van der Waals surface area contributed by atoms with Crippen molar-refractivity contribution in [1.29, 1.82) is 5.26 Å². The van der Waals surface area contributed by atoms with Crippen LogP contribution in [0.5, 0.6) is 0 Å². The average Bonchev–Trinajstić information content (AvgIpc) is 3.62. The van der Waals surface area contributed by atoms with Gasteiger partial charge in [0.1, 0.15) is 0 Å². The van der Waals surface area contributed by atoms with Crippen LogP contribution < -0.4 is 0 Å². The Hall–Kier alpha value is -7.68. The minimum absolute atomic E-state index is 0.581. The highest BCUT2D eigenvalue weighted by atomic mass is 15.0. The van der Waals surface area contributed by atoms with Crippen molar-refractivity contribution >= 4 is 32.7 Å². The number of pyridine rings is 1. The Morgan fingerprint density at radius 3 is 1.80 bits per heavy atom. The quantitative estimate of drug-likeness (QED) is 0.173. The summed E-state index contributed by atoms with van der Waals surface area (Å²) in [5.41, 5.74) is 13.3. The number of benzene rings is 7. The van der Waals surface area contributed by atoms with Gasteiger partial charge in [-0.1, -0.05) is 140 Å². The lowest BCUT2D eigenvalue weighted by Crippen LogP contribution is -1.97. The molecule has 0 aliphatic heterocycles. The summed E-state index contributed by atoms with van der Waals surface area (Å²) in [6.45, 7) is 0. The summed E-state index contributed by atoms with van der Waals surface area (Å²) in [5, 5.41) is 13.1. The van der Waals surface area contributed by atoms with Crippen LogP contribution in [0.4, 0.5) is 0 Å². The topological polar surface area (TPSA) is 67.4 Å². The summed E-state index contributed by atoms with van der Waals surface area (Å²) in [7, 11) is 0. The van der Waals surface area contributed by atoms with E-state index in [1.807, 2.05) is 42.5 Å². The smallest absolute Gasteiger partial charge is 0.160 e. The van der Waals surface area contributed by atoms with Crippen LogP contribution in [0, 0.1) is 11.3 Å². The molecule has 3 aromatic heterocycles. The first kappa shape index (κ1) is 32.0. The lowest BCUT2D eigenvalue weighted by molar-refractivity contribution is 1.18. The number of aromatic nitrogens is 4. The molecule has 0 atom stereocenters. The molecule has 0 amide bonds. The number of hydrogen-bond acceptors (Lipinski definition) is 4. The fraction of sp³-hybridized carbons (Fsp3) is 0. The summed E-state index contributed by atoms with van der Waals surface area (Å²) in [5.74, 6) is 0.601. The standard InChI is InChI=1S/C50H31N5/c51-32-33-13-11-17-38(29-33)44-31-45(39-18-12-16-37(30-39)34-14-3-1-4-15-34)54-50(53-44)36-27-25-35(26-28-36)48-47-42-22-8-10-24-46(42)55(40-19-5-2-6-20-40)49(47)41-21-7-9-23-43(41)52-48/h1-31H. The van der Waals surface area contributed by atoms with E-state index in [2.05, 4.69) is 156 Å². The van der Waals surface area contributed by atoms with Gasteiger partial charge in [0.15, 0.2) is 5.82 Å². The first-order chi connectivity index (χ1) is 27.2. The van der Waals surface area contributed by atoms with E-state index in [0.717, 1.165) is 88.9 Å². The van der Waals surface area contributed by atoms with Crippen molar-refractivity contribution in [3.8, 4) is 68.0 Å². The Labute approximate surface area is 318 Å². The van der Waals surface area contributed by atoms with E-state index in [4.69, 9.17) is 15.0 Å². The molecule has 0 fully saturated rings. The van der Waals surface area contributed by atoms with Gasteiger partial charge in [-0.25, -0.2) is 15.0 Å². The fourth-order valence-corrected chi connectivity index (χ4v) is 7.62. The molecular formula is C50H31N5. The van der Waals surface area contributed by atoms with Crippen molar-refractivity contribution in [2.75, 3.05) is 0 Å². The average molecular weight is 702 g/mol. The Morgan fingerprint density at radius 2 is 1.04 bits per heavy atom. The predicted octanol–water partition coefficient (Wildman–Crippen LogP) is 12.3. The second-order valence-corrected chi connectivity index (χ2v) is 13.6. The Bertz CT molecular complexity index is 3090. The number of nitrogens with zero attached hydrogens (tertiary/aromatic N) is 5. The van der Waals surface area contributed by atoms with Gasteiger partial charge in [0.2, 0.25) is 0 Å². The van der Waals surface area contributed by atoms with Crippen LogP contribution in [0.25, 0.3) is 94.7 Å². The molecule has 0 spiro atoms. The van der Waals surface area contributed by atoms with Gasteiger partial charge in [-0.15, -0.1) is 0 Å². The zero-order valence-corrected chi connectivity index (χ0v) is 29.6. The molecule has 0 aliphatic carbocycles. The maximum absolute atomic E-state index is 9.69. The Morgan fingerprint density at radius 1 is 0.436 bits per heavy atom. The minimum atomic E-state index is 0.581. The molecule has 0 saturated carbocycles. The van der Waals surface area contributed by atoms with Crippen LogP contribution in [0.2, 0.25) is 0 Å². The molecule has 10 aromatic rings. The highest BCUT2D eigenvalue weighted by molar-refractivity contribution is 6.22. The van der Waals surface area contributed by atoms with Crippen LogP contribution in [-0.2, 0) is 0 Å².